The number of carbonyl (C=O) groups excluding carboxylic acids is 2. The third-order valence-electron chi connectivity index (χ3n) is 5.06. The van der Waals surface area contributed by atoms with E-state index in [1.54, 1.807) is 36.4 Å². The lowest BCUT2D eigenvalue weighted by molar-refractivity contribution is -0.140. The molecule has 1 fully saturated rings. The van der Waals surface area contributed by atoms with Gasteiger partial charge in [0.15, 0.2) is 11.6 Å². The van der Waals surface area contributed by atoms with Crippen molar-refractivity contribution in [3.05, 3.63) is 94.2 Å². The van der Waals surface area contributed by atoms with Crippen molar-refractivity contribution in [1.82, 2.24) is 4.90 Å². The van der Waals surface area contributed by atoms with Crippen LogP contribution in [-0.2, 0) is 16.1 Å². The number of carbonyl (C=O) groups is 2. The summed E-state index contributed by atoms with van der Waals surface area (Å²) >= 11 is 5.99. The topological polar surface area (TPSA) is 80.0 Å². The average molecular weight is 442 g/mol. The minimum absolute atomic E-state index is 0.0101. The standard InChI is InChI=1S/C23H17ClFNO5/c1-30-18-9-6-14(11-17(18)25)21(27)19-20(13-4-7-15(24)8-5-13)26(23(29)22(19)28)12-16-3-2-10-31-16/h2-11,20,27H,12H2,1H3. The number of methoxy groups -OCH3 is 1. The van der Waals surface area contributed by atoms with E-state index in [4.69, 9.17) is 20.8 Å². The molecule has 0 bridgehead atoms. The zero-order valence-corrected chi connectivity index (χ0v) is 17.1. The number of hydrogen-bond donors (Lipinski definition) is 1. The number of Topliss-reactive ketones (excluding diaryl/α,β-unsaturated/α-hetero) is 1. The van der Waals surface area contributed by atoms with Gasteiger partial charge < -0.3 is 19.2 Å². The molecule has 31 heavy (non-hydrogen) atoms. The Kier molecular flexibility index (Phi) is 5.52. The maximum absolute atomic E-state index is 14.2. The first-order valence-corrected chi connectivity index (χ1v) is 9.68. The Morgan fingerprint density at radius 2 is 1.94 bits per heavy atom. The number of nitrogens with zero attached hydrogens (tertiary/aromatic N) is 1. The summed E-state index contributed by atoms with van der Waals surface area (Å²) in [6.07, 6.45) is 1.46. The molecule has 6 nitrogen and oxygen atoms in total. The quantitative estimate of drug-likeness (QED) is 0.352. The zero-order valence-electron chi connectivity index (χ0n) is 16.3. The van der Waals surface area contributed by atoms with Gasteiger partial charge >= 0.3 is 0 Å². The van der Waals surface area contributed by atoms with Crippen LogP contribution in [0.2, 0.25) is 5.02 Å². The number of rotatable bonds is 5. The number of ketones is 1. The van der Waals surface area contributed by atoms with E-state index < -0.39 is 29.3 Å². The summed E-state index contributed by atoms with van der Waals surface area (Å²) in [5.41, 5.74) is 0.461. The molecule has 158 valence electrons. The van der Waals surface area contributed by atoms with E-state index in [0.717, 1.165) is 6.07 Å². The minimum atomic E-state index is -0.910. The van der Waals surface area contributed by atoms with Gasteiger partial charge in [0.25, 0.3) is 11.7 Å². The molecule has 1 aliphatic heterocycles. The van der Waals surface area contributed by atoms with Crippen LogP contribution in [0.5, 0.6) is 5.75 Å². The Hall–Kier alpha value is -3.58. The first-order chi connectivity index (χ1) is 14.9. The van der Waals surface area contributed by atoms with Crippen molar-refractivity contribution in [2.45, 2.75) is 12.6 Å². The number of likely N-dealkylation sites (tertiary alicyclic amines) is 1. The highest BCUT2D eigenvalue weighted by atomic mass is 35.5. The Balaban J connectivity index is 1.86. The van der Waals surface area contributed by atoms with Crippen LogP contribution >= 0.6 is 11.6 Å². The van der Waals surface area contributed by atoms with Crippen LogP contribution in [0, 0.1) is 5.82 Å². The van der Waals surface area contributed by atoms with E-state index in [2.05, 4.69) is 0 Å². The van der Waals surface area contributed by atoms with E-state index in [1.807, 2.05) is 0 Å². The van der Waals surface area contributed by atoms with Crippen molar-refractivity contribution in [3.8, 4) is 5.75 Å². The largest absolute Gasteiger partial charge is 0.507 e. The molecular formula is C23H17ClFNO5. The molecule has 1 aliphatic rings. The maximum Gasteiger partial charge on any atom is 0.296 e. The average Bonchev–Trinajstić information content (AvgIpc) is 3.36. The maximum atomic E-state index is 14.2. The molecule has 8 heteroatoms. The molecule has 0 saturated carbocycles. The van der Waals surface area contributed by atoms with E-state index in [1.165, 1.54) is 30.4 Å². The number of aliphatic hydroxyl groups excluding tert-OH is 1. The smallest absolute Gasteiger partial charge is 0.296 e. The predicted molar refractivity (Wildman–Crippen MR) is 111 cm³/mol. The van der Waals surface area contributed by atoms with E-state index in [9.17, 15) is 19.1 Å². The van der Waals surface area contributed by atoms with Gasteiger partial charge in [0.1, 0.15) is 11.5 Å². The first-order valence-electron chi connectivity index (χ1n) is 9.31. The number of aliphatic hydroxyl groups is 1. The third-order valence-corrected chi connectivity index (χ3v) is 5.31. The Bertz CT molecular complexity index is 1170. The van der Waals surface area contributed by atoms with Gasteiger partial charge in [0.05, 0.1) is 31.5 Å². The van der Waals surface area contributed by atoms with Crippen LogP contribution < -0.4 is 4.74 Å². The molecule has 1 saturated heterocycles. The van der Waals surface area contributed by atoms with Gasteiger partial charge in [-0.15, -0.1) is 0 Å². The van der Waals surface area contributed by atoms with Gasteiger partial charge in [-0.05, 0) is 48.0 Å². The SMILES string of the molecule is COc1ccc(C(O)=C2C(=O)C(=O)N(Cc3ccco3)C2c2ccc(Cl)cc2)cc1F. The molecule has 1 atom stereocenters. The summed E-state index contributed by atoms with van der Waals surface area (Å²) in [4.78, 5) is 27.1. The van der Waals surface area contributed by atoms with Gasteiger partial charge in [-0.1, -0.05) is 23.7 Å². The minimum Gasteiger partial charge on any atom is -0.507 e. The van der Waals surface area contributed by atoms with Crippen LogP contribution in [0.4, 0.5) is 4.39 Å². The monoisotopic (exact) mass is 441 g/mol. The third kappa shape index (κ3) is 3.80. The lowest BCUT2D eigenvalue weighted by Crippen LogP contribution is -2.29. The molecule has 1 amide bonds. The fraction of sp³-hybridized carbons (Fsp3) is 0.130. The van der Waals surface area contributed by atoms with Crippen molar-refractivity contribution in [2.24, 2.45) is 0 Å². The van der Waals surface area contributed by atoms with Gasteiger partial charge in [0.2, 0.25) is 0 Å². The summed E-state index contributed by atoms with van der Waals surface area (Å²) in [5, 5.41) is 11.4. The summed E-state index contributed by atoms with van der Waals surface area (Å²) in [7, 11) is 1.32. The highest BCUT2D eigenvalue weighted by Gasteiger charge is 2.46. The summed E-state index contributed by atoms with van der Waals surface area (Å²) < 4.78 is 24.4. The molecule has 4 rings (SSSR count). The summed E-state index contributed by atoms with van der Waals surface area (Å²) in [5.74, 6) is -2.41. The van der Waals surface area contributed by atoms with Gasteiger partial charge in [-0.3, -0.25) is 9.59 Å². The molecule has 1 aromatic heterocycles. The van der Waals surface area contributed by atoms with Gasteiger partial charge in [-0.2, -0.15) is 0 Å². The van der Waals surface area contributed by atoms with Gasteiger partial charge in [-0.25, -0.2) is 4.39 Å². The van der Waals surface area contributed by atoms with E-state index >= 15 is 0 Å². The van der Waals surface area contributed by atoms with Crippen LogP contribution in [-0.4, -0.2) is 28.8 Å². The number of furan rings is 1. The molecule has 3 aromatic rings. The predicted octanol–water partition coefficient (Wildman–Crippen LogP) is 4.70. The van der Waals surface area contributed by atoms with Crippen molar-refractivity contribution < 1.29 is 28.2 Å². The highest BCUT2D eigenvalue weighted by Crippen LogP contribution is 2.40. The number of benzene rings is 2. The van der Waals surface area contributed by atoms with Crippen molar-refractivity contribution >= 4 is 29.1 Å². The first kappa shape index (κ1) is 20.7. The van der Waals surface area contributed by atoms with E-state index in [-0.39, 0.29) is 23.4 Å². The second-order valence-electron chi connectivity index (χ2n) is 6.91. The lowest BCUT2D eigenvalue weighted by atomic mass is 9.95. The number of hydrogen-bond acceptors (Lipinski definition) is 5. The van der Waals surface area contributed by atoms with Crippen molar-refractivity contribution in [2.75, 3.05) is 7.11 Å². The molecular weight excluding hydrogens is 425 g/mol. The van der Waals surface area contributed by atoms with Crippen molar-refractivity contribution in [1.29, 1.82) is 0 Å². The molecule has 0 radical (unpaired) electrons. The van der Waals surface area contributed by atoms with Crippen LogP contribution in [0.25, 0.3) is 5.76 Å². The highest BCUT2D eigenvalue weighted by molar-refractivity contribution is 6.46. The van der Waals surface area contributed by atoms with Crippen molar-refractivity contribution in [3.63, 3.8) is 0 Å². The van der Waals surface area contributed by atoms with E-state index in [0.29, 0.717) is 16.3 Å². The normalized spacial score (nSPS) is 17.9. The molecule has 2 heterocycles. The molecule has 1 unspecified atom stereocenters. The molecule has 2 aromatic carbocycles. The summed E-state index contributed by atoms with van der Waals surface area (Å²) in [6, 6.07) is 12.8. The lowest BCUT2D eigenvalue weighted by Gasteiger charge is -2.24. The second-order valence-corrected chi connectivity index (χ2v) is 7.34. The zero-order chi connectivity index (χ0) is 22.1. The molecule has 0 aliphatic carbocycles. The number of ether oxygens (including phenoxy) is 1. The Labute approximate surface area is 182 Å². The Morgan fingerprint density at radius 3 is 2.55 bits per heavy atom. The number of amides is 1. The second kappa shape index (κ2) is 8.28. The molecule has 1 N–H and O–H groups in total. The van der Waals surface area contributed by atoms with Crippen LogP contribution in [0.15, 0.2) is 70.9 Å². The van der Waals surface area contributed by atoms with Crippen LogP contribution in [0.3, 0.4) is 0 Å². The Morgan fingerprint density at radius 1 is 1.19 bits per heavy atom. The fourth-order valence-electron chi connectivity index (χ4n) is 3.57. The molecule has 0 spiro atoms. The number of halogens is 2. The van der Waals surface area contributed by atoms with Gasteiger partial charge in [0, 0.05) is 10.6 Å². The fourth-order valence-corrected chi connectivity index (χ4v) is 3.70. The van der Waals surface area contributed by atoms with Crippen LogP contribution in [0.1, 0.15) is 22.9 Å². The summed E-state index contributed by atoms with van der Waals surface area (Å²) in [6.45, 7) is 0.0125.